The van der Waals surface area contributed by atoms with Gasteiger partial charge < -0.3 is 9.64 Å². The summed E-state index contributed by atoms with van der Waals surface area (Å²) in [4.78, 5) is 15.4. The Kier molecular flexibility index (Phi) is 5.32. The number of aromatic nitrogens is 2. The summed E-state index contributed by atoms with van der Waals surface area (Å²) in [7, 11) is 0. The fraction of sp³-hybridized carbons (Fsp3) is 0.304. The third kappa shape index (κ3) is 3.87. The van der Waals surface area contributed by atoms with Gasteiger partial charge in [-0.25, -0.2) is 4.68 Å². The smallest absolute Gasteiger partial charge is 0.257 e. The highest BCUT2D eigenvalue weighted by atomic mass is 79.9. The maximum absolute atomic E-state index is 13.5. The van der Waals surface area contributed by atoms with Crippen molar-refractivity contribution in [3.05, 3.63) is 82.1 Å². The highest BCUT2D eigenvalue weighted by Crippen LogP contribution is 2.32. The Hall–Kier alpha value is -2.44. The van der Waals surface area contributed by atoms with Gasteiger partial charge in [-0.05, 0) is 50.6 Å². The lowest BCUT2D eigenvalue weighted by Gasteiger charge is -2.45. The minimum atomic E-state index is -0.394. The first kappa shape index (κ1) is 19.9. The number of nitrogens with zero attached hydrogens (tertiary/aromatic N) is 3. The Bertz CT molecular complexity index is 1010. The van der Waals surface area contributed by atoms with Crippen molar-refractivity contribution >= 4 is 21.8 Å². The molecule has 0 radical (unpaired) electrons. The summed E-state index contributed by atoms with van der Waals surface area (Å²) in [6.07, 6.45) is 1.54. The van der Waals surface area contributed by atoms with E-state index in [1.165, 1.54) is 0 Å². The lowest BCUT2D eigenvalue weighted by atomic mass is 9.97. The van der Waals surface area contributed by atoms with E-state index in [0.29, 0.717) is 18.7 Å². The maximum Gasteiger partial charge on any atom is 0.257 e. The molecule has 0 saturated carbocycles. The molecule has 1 aliphatic rings. The molecule has 1 fully saturated rings. The van der Waals surface area contributed by atoms with E-state index in [-0.39, 0.29) is 12.0 Å². The van der Waals surface area contributed by atoms with Gasteiger partial charge in [-0.3, -0.25) is 4.79 Å². The van der Waals surface area contributed by atoms with E-state index < -0.39 is 5.54 Å². The summed E-state index contributed by atoms with van der Waals surface area (Å²) in [5.74, 6) is -0.0138. The molecule has 2 heterocycles. The highest BCUT2D eigenvalue weighted by molar-refractivity contribution is 9.10. The molecule has 6 heteroatoms. The van der Waals surface area contributed by atoms with Crippen LogP contribution < -0.4 is 0 Å². The third-order valence-electron chi connectivity index (χ3n) is 5.44. The van der Waals surface area contributed by atoms with E-state index in [9.17, 15) is 4.79 Å². The van der Waals surface area contributed by atoms with Gasteiger partial charge in [0.2, 0.25) is 0 Å². The van der Waals surface area contributed by atoms with Gasteiger partial charge in [0.1, 0.15) is 6.10 Å². The number of rotatable bonds is 3. The minimum Gasteiger partial charge on any atom is -0.369 e. The number of benzene rings is 2. The summed E-state index contributed by atoms with van der Waals surface area (Å²) >= 11 is 3.45. The molecule has 2 aromatic carbocycles. The zero-order valence-electron chi connectivity index (χ0n) is 16.8. The highest BCUT2D eigenvalue weighted by Gasteiger charge is 2.39. The summed E-state index contributed by atoms with van der Waals surface area (Å²) in [6.45, 7) is 7.02. The Morgan fingerprint density at radius 1 is 1.14 bits per heavy atom. The van der Waals surface area contributed by atoms with Crippen LogP contribution in [0.3, 0.4) is 0 Å². The molecule has 0 spiro atoms. The molecule has 3 aromatic rings. The summed E-state index contributed by atoms with van der Waals surface area (Å²) in [6, 6.07) is 17.9. The Morgan fingerprint density at radius 3 is 2.52 bits per heavy atom. The molecule has 1 atom stereocenters. The van der Waals surface area contributed by atoms with E-state index in [4.69, 9.17) is 4.74 Å². The van der Waals surface area contributed by atoms with Crippen molar-refractivity contribution in [2.75, 3.05) is 13.2 Å². The normalized spacial score (nSPS) is 18.6. The predicted molar refractivity (Wildman–Crippen MR) is 116 cm³/mol. The first-order valence-corrected chi connectivity index (χ1v) is 10.5. The molecule has 1 unspecified atom stereocenters. The second-order valence-corrected chi connectivity index (χ2v) is 8.89. The number of ether oxygens (including phenoxy) is 1. The van der Waals surface area contributed by atoms with E-state index in [1.54, 1.807) is 6.20 Å². The zero-order valence-corrected chi connectivity index (χ0v) is 18.4. The SMILES string of the molecule is Cc1c(C(=O)N2CC(c3ccccc3)OCC2(C)C)cnn1-c1ccc(Br)cc1. The molecule has 1 aliphatic heterocycles. The minimum absolute atomic E-state index is 0.0138. The van der Waals surface area contributed by atoms with Crippen LogP contribution in [0.4, 0.5) is 0 Å². The molecule has 0 bridgehead atoms. The van der Waals surface area contributed by atoms with Crippen LogP contribution in [0.2, 0.25) is 0 Å². The Balaban J connectivity index is 1.63. The van der Waals surface area contributed by atoms with Crippen LogP contribution in [-0.2, 0) is 4.74 Å². The average Bonchev–Trinajstić information content (AvgIpc) is 3.10. The van der Waals surface area contributed by atoms with Gasteiger partial charge in [-0.2, -0.15) is 5.10 Å². The molecule has 150 valence electrons. The molecule has 0 aliphatic carbocycles. The second kappa shape index (κ2) is 7.76. The van der Waals surface area contributed by atoms with Crippen LogP contribution in [0.1, 0.15) is 41.6 Å². The van der Waals surface area contributed by atoms with Gasteiger partial charge in [0.05, 0.1) is 41.8 Å². The average molecular weight is 454 g/mol. The lowest BCUT2D eigenvalue weighted by Crippen LogP contribution is -2.56. The van der Waals surface area contributed by atoms with Gasteiger partial charge in [0.15, 0.2) is 0 Å². The topological polar surface area (TPSA) is 47.4 Å². The van der Waals surface area contributed by atoms with Crippen molar-refractivity contribution in [3.63, 3.8) is 0 Å². The Labute approximate surface area is 179 Å². The van der Waals surface area contributed by atoms with Crippen LogP contribution in [0.15, 0.2) is 65.3 Å². The predicted octanol–water partition coefficient (Wildman–Crippen LogP) is 4.94. The Morgan fingerprint density at radius 2 is 1.83 bits per heavy atom. The van der Waals surface area contributed by atoms with Crippen molar-refractivity contribution in [2.45, 2.75) is 32.4 Å². The third-order valence-corrected chi connectivity index (χ3v) is 5.97. The fourth-order valence-corrected chi connectivity index (χ4v) is 3.95. The number of halogens is 1. The standard InChI is InChI=1S/C23H24BrN3O2/c1-16-20(13-25-27(16)19-11-9-18(24)10-12-19)22(28)26-14-21(29-15-23(26,2)3)17-7-5-4-6-8-17/h4-13,21H,14-15H2,1-3H3. The van der Waals surface area contributed by atoms with Gasteiger partial charge in [0.25, 0.3) is 5.91 Å². The number of hydrogen-bond acceptors (Lipinski definition) is 3. The van der Waals surface area contributed by atoms with Gasteiger partial charge in [-0.15, -0.1) is 0 Å². The molecule has 1 aromatic heterocycles. The largest absolute Gasteiger partial charge is 0.369 e. The van der Waals surface area contributed by atoms with Crippen molar-refractivity contribution < 1.29 is 9.53 Å². The fourth-order valence-electron chi connectivity index (χ4n) is 3.68. The van der Waals surface area contributed by atoms with Gasteiger partial charge >= 0.3 is 0 Å². The van der Waals surface area contributed by atoms with E-state index >= 15 is 0 Å². The molecule has 0 N–H and O–H groups in total. The number of carbonyl (C=O) groups is 1. The van der Waals surface area contributed by atoms with Crippen molar-refractivity contribution in [3.8, 4) is 5.69 Å². The molecular formula is C23H24BrN3O2. The van der Waals surface area contributed by atoms with Crippen molar-refractivity contribution in [1.82, 2.24) is 14.7 Å². The molecule has 4 rings (SSSR count). The monoisotopic (exact) mass is 453 g/mol. The molecule has 1 saturated heterocycles. The van der Waals surface area contributed by atoms with Crippen LogP contribution in [0, 0.1) is 6.92 Å². The quantitative estimate of drug-likeness (QED) is 0.564. The summed E-state index contributed by atoms with van der Waals surface area (Å²) in [5, 5.41) is 4.48. The van der Waals surface area contributed by atoms with Crippen LogP contribution >= 0.6 is 15.9 Å². The second-order valence-electron chi connectivity index (χ2n) is 7.97. The number of morpholine rings is 1. The maximum atomic E-state index is 13.5. The van der Waals surface area contributed by atoms with E-state index in [2.05, 4.69) is 21.0 Å². The van der Waals surface area contributed by atoms with E-state index in [1.807, 2.05) is 85.0 Å². The molecule has 5 nitrogen and oxygen atoms in total. The van der Waals surface area contributed by atoms with Crippen molar-refractivity contribution in [1.29, 1.82) is 0 Å². The van der Waals surface area contributed by atoms with Crippen LogP contribution in [0.25, 0.3) is 5.69 Å². The van der Waals surface area contributed by atoms with Gasteiger partial charge in [0, 0.05) is 4.47 Å². The molecule has 1 amide bonds. The van der Waals surface area contributed by atoms with Crippen LogP contribution in [0.5, 0.6) is 0 Å². The number of hydrogen-bond donors (Lipinski definition) is 0. The number of amides is 1. The summed E-state index contributed by atoms with van der Waals surface area (Å²) in [5.41, 5.74) is 3.07. The number of carbonyl (C=O) groups excluding carboxylic acids is 1. The van der Waals surface area contributed by atoms with Gasteiger partial charge in [-0.1, -0.05) is 46.3 Å². The zero-order chi connectivity index (χ0) is 20.6. The van der Waals surface area contributed by atoms with Crippen molar-refractivity contribution in [2.24, 2.45) is 0 Å². The molecular weight excluding hydrogens is 430 g/mol. The van der Waals surface area contributed by atoms with Crippen LogP contribution in [-0.4, -0.2) is 39.3 Å². The first-order valence-electron chi connectivity index (χ1n) is 9.66. The van der Waals surface area contributed by atoms with E-state index in [0.717, 1.165) is 21.4 Å². The summed E-state index contributed by atoms with van der Waals surface area (Å²) < 4.78 is 8.90. The lowest BCUT2D eigenvalue weighted by molar-refractivity contribution is -0.0846. The molecule has 29 heavy (non-hydrogen) atoms. The first-order chi connectivity index (χ1) is 13.9.